The Morgan fingerprint density at radius 2 is 1.61 bits per heavy atom. The molecule has 0 radical (unpaired) electrons. The molecule has 2 aromatic carbocycles. The smallest absolute Gasteiger partial charge is 0.406 e. The Morgan fingerprint density at radius 3 is 2.32 bits per heavy atom. The van der Waals surface area contributed by atoms with Crippen molar-refractivity contribution in [1.82, 2.24) is 15.0 Å². The van der Waals surface area contributed by atoms with E-state index >= 15 is 0 Å². The van der Waals surface area contributed by atoms with Crippen LogP contribution >= 0.6 is 0 Å². The van der Waals surface area contributed by atoms with Crippen molar-refractivity contribution in [3.05, 3.63) is 66.6 Å². The van der Waals surface area contributed by atoms with E-state index < -0.39 is 6.36 Å². The summed E-state index contributed by atoms with van der Waals surface area (Å²) in [7, 11) is 0. The number of ether oxygens (including phenoxy) is 1. The van der Waals surface area contributed by atoms with E-state index in [1.807, 2.05) is 37.3 Å². The molecule has 0 aliphatic heterocycles. The maximum atomic E-state index is 12.3. The highest BCUT2D eigenvalue weighted by Gasteiger charge is 2.30. The van der Waals surface area contributed by atoms with Crippen LogP contribution in [0.1, 0.15) is 5.69 Å². The summed E-state index contributed by atoms with van der Waals surface area (Å²) < 4.78 is 40.8. The van der Waals surface area contributed by atoms with Crippen molar-refractivity contribution in [2.45, 2.75) is 13.3 Å². The van der Waals surface area contributed by atoms with Crippen LogP contribution in [0.5, 0.6) is 5.75 Å². The van der Waals surface area contributed by atoms with Crippen LogP contribution in [0.25, 0.3) is 10.9 Å². The minimum absolute atomic E-state index is 0.239. The Morgan fingerprint density at radius 1 is 0.903 bits per heavy atom. The molecule has 4 rings (SSSR count). The summed E-state index contributed by atoms with van der Waals surface area (Å²) in [4.78, 5) is 12.9. The first-order valence-corrected chi connectivity index (χ1v) is 9.15. The van der Waals surface area contributed by atoms with Crippen LogP contribution in [-0.4, -0.2) is 21.3 Å². The zero-order valence-corrected chi connectivity index (χ0v) is 16.2. The molecule has 0 spiro atoms. The minimum atomic E-state index is -4.75. The second-order valence-electron chi connectivity index (χ2n) is 6.64. The number of hydrogen-bond acceptors (Lipinski definition) is 7. The van der Waals surface area contributed by atoms with Gasteiger partial charge in [0.2, 0.25) is 0 Å². The van der Waals surface area contributed by atoms with E-state index in [9.17, 15) is 13.2 Å². The quantitative estimate of drug-likeness (QED) is 0.398. The number of benzene rings is 2. The molecule has 0 atom stereocenters. The molecule has 0 saturated heterocycles. The monoisotopic (exact) mass is 426 g/mol. The molecule has 2 heterocycles. The van der Waals surface area contributed by atoms with E-state index in [0.29, 0.717) is 17.3 Å². The van der Waals surface area contributed by atoms with Gasteiger partial charge in [-0.15, -0.1) is 13.2 Å². The van der Waals surface area contributed by atoms with Gasteiger partial charge in [0.25, 0.3) is 0 Å². The normalized spacial score (nSPS) is 11.4. The highest BCUT2D eigenvalue weighted by molar-refractivity contribution is 5.93. The van der Waals surface area contributed by atoms with Crippen molar-refractivity contribution in [3.8, 4) is 5.75 Å². The van der Waals surface area contributed by atoms with Gasteiger partial charge in [0, 0.05) is 16.8 Å². The number of rotatable bonds is 5. The fourth-order valence-electron chi connectivity index (χ4n) is 2.94. The lowest BCUT2D eigenvalue weighted by atomic mass is 10.1. The Hall–Kier alpha value is -4.08. The average Bonchev–Trinajstić information content (AvgIpc) is 2.72. The third-order valence-corrected chi connectivity index (χ3v) is 4.35. The number of nitrogens with two attached hydrogens (primary N) is 1. The largest absolute Gasteiger partial charge is 0.573 e. The predicted octanol–water partition coefficient (Wildman–Crippen LogP) is 5.30. The fourth-order valence-corrected chi connectivity index (χ4v) is 2.94. The summed E-state index contributed by atoms with van der Waals surface area (Å²) in [6.07, 6.45) is -3.42. The number of nitrogens with one attached hydrogen (secondary N) is 2. The van der Waals surface area contributed by atoms with Crippen molar-refractivity contribution in [1.29, 1.82) is 0 Å². The lowest BCUT2D eigenvalue weighted by molar-refractivity contribution is -0.274. The number of alkyl halides is 3. The van der Waals surface area contributed by atoms with Gasteiger partial charge in [0.15, 0.2) is 11.6 Å². The summed E-state index contributed by atoms with van der Waals surface area (Å²) in [5.74, 6) is 0.339. The number of para-hydroxylation sites is 1. The summed E-state index contributed by atoms with van der Waals surface area (Å²) in [5.41, 5.74) is 9.32. The predicted molar refractivity (Wildman–Crippen MR) is 113 cm³/mol. The van der Waals surface area contributed by atoms with Gasteiger partial charge in [-0.3, -0.25) is 4.98 Å². The standard InChI is InChI=1S/C21H17F3N6O/c1-12-5-6-13-3-2-4-16(18(13)28-12)30-20-17(25)19(26-11-27-20)29-14-7-9-15(10-8-14)31-21(22,23)24/h2-11H,25H2,1H3,(H2,26,27,29,30). The highest BCUT2D eigenvalue weighted by Crippen LogP contribution is 2.31. The number of hydrogen-bond donors (Lipinski definition) is 3. The van der Waals surface area contributed by atoms with E-state index in [0.717, 1.165) is 22.3 Å². The van der Waals surface area contributed by atoms with Crippen molar-refractivity contribution in [3.63, 3.8) is 0 Å². The van der Waals surface area contributed by atoms with Crippen LogP contribution in [-0.2, 0) is 0 Å². The first-order chi connectivity index (χ1) is 14.8. The third-order valence-electron chi connectivity index (χ3n) is 4.35. The second-order valence-corrected chi connectivity index (χ2v) is 6.64. The zero-order chi connectivity index (χ0) is 22.0. The molecule has 2 aromatic heterocycles. The van der Waals surface area contributed by atoms with Crippen LogP contribution in [0.4, 0.5) is 41.9 Å². The Labute approximate surface area is 175 Å². The minimum Gasteiger partial charge on any atom is -0.406 e. The van der Waals surface area contributed by atoms with Crippen molar-refractivity contribution < 1.29 is 17.9 Å². The van der Waals surface area contributed by atoms with E-state index in [4.69, 9.17) is 5.73 Å². The molecule has 0 unspecified atom stereocenters. The maximum Gasteiger partial charge on any atom is 0.573 e. The summed E-state index contributed by atoms with van der Waals surface area (Å²) in [6, 6.07) is 14.8. The molecule has 0 saturated carbocycles. The average molecular weight is 426 g/mol. The van der Waals surface area contributed by atoms with Gasteiger partial charge in [0.05, 0.1) is 11.2 Å². The van der Waals surface area contributed by atoms with Gasteiger partial charge in [-0.1, -0.05) is 18.2 Å². The number of nitrogen functional groups attached to an aromatic ring is 1. The molecule has 0 aliphatic rings. The van der Waals surface area contributed by atoms with E-state index in [2.05, 4.69) is 30.3 Å². The molecular weight excluding hydrogens is 409 g/mol. The number of pyridine rings is 1. The van der Waals surface area contributed by atoms with Gasteiger partial charge < -0.3 is 21.1 Å². The zero-order valence-electron chi connectivity index (χ0n) is 16.2. The van der Waals surface area contributed by atoms with Gasteiger partial charge in [0.1, 0.15) is 17.8 Å². The molecule has 0 aliphatic carbocycles. The SMILES string of the molecule is Cc1ccc2cccc(Nc3ncnc(Nc4ccc(OC(F)(F)F)cc4)c3N)c2n1. The van der Waals surface area contributed by atoms with Crippen LogP contribution in [0.2, 0.25) is 0 Å². The Balaban J connectivity index is 1.57. The number of aryl methyl sites for hydroxylation is 1. The molecule has 0 bridgehead atoms. The molecule has 7 nitrogen and oxygen atoms in total. The molecule has 10 heteroatoms. The van der Waals surface area contributed by atoms with Crippen LogP contribution in [0.15, 0.2) is 60.9 Å². The maximum absolute atomic E-state index is 12.3. The van der Waals surface area contributed by atoms with Gasteiger partial charge in [-0.05, 0) is 43.3 Å². The number of aromatic nitrogens is 3. The topological polar surface area (TPSA) is 98.0 Å². The molecule has 0 fully saturated rings. The molecule has 158 valence electrons. The van der Waals surface area contributed by atoms with E-state index in [1.54, 1.807) is 0 Å². The van der Waals surface area contributed by atoms with Gasteiger partial charge in [-0.25, -0.2) is 9.97 Å². The summed E-state index contributed by atoms with van der Waals surface area (Å²) >= 11 is 0. The van der Waals surface area contributed by atoms with E-state index in [1.165, 1.54) is 30.6 Å². The molecule has 31 heavy (non-hydrogen) atoms. The first kappa shape index (κ1) is 20.2. The van der Waals surface area contributed by atoms with Gasteiger partial charge in [-0.2, -0.15) is 0 Å². The highest BCUT2D eigenvalue weighted by atomic mass is 19.4. The van der Waals surface area contributed by atoms with Crippen molar-refractivity contribution >= 4 is 39.6 Å². The number of nitrogens with zero attached hydrogens (tertiary/aromatic N) is 3. The molecule has 4 N–H and O–H groups in total. The Kier molecular flexibility index (Phi) is 5.20. The van der Waals surface area contributed by atoms with Crippen LogP contribution in [0, 0.1) is 6.92 Å². The number of anilines is 5. The number of fused-ring (bicyclic) bond motifs is 1. The Bertz CT molecular complexity index is 1230. The van der Waals surface area contributed by atoms with Crippen LogP contribution < -0.4 is 21.1 Å². The van der Waals surface area contributed by atoms with Crippen molar-refractivity contribution in [2.24, 2.45) is 0 Å². The number of halogens is 3. The fraction of sp³-hybridized carbons (Fsp3) is 0.0952. The molecule has 4 aromatic rings. The lowest BCUT2D eigenvalue weighted by Gasteiger charge is -2.14. The van der Waals surface area contributed by atoms with Crippen LogP contribution in [0.3, 0.4) is 0 Å². The first-order valence-electron chi connectivity index (χ1n) is 9.15. The summed E-state index contributed by atoms with van der Waals surface area (Å²) in [6.45, 7) is 1.91. The van der Waals surface area contributed by atoms with Gasteiger partial charge >= 0.3 is 6.36 Å². The molecular formula is C21H17F3N6O. The summed E-state index contributed by atoms with van der Waals surface area (Å²) in [5, 5.41) is 7.11. The molecule has 0 amide bonds. The van der Waals surface area contributed by atoms with E-state index in [-0.39, 0.29) is 11.4 Å². The van der Waals surface area contributed by atoms with Crippen molar-refractivity contribution in [2.75, 3.05) is 16.4 Å². The second kappa shape index (κ2) is 7.98. The third kappa shape index (κ3) is 4.74. The lowest BCUT2D eigenvalue weighted by Crippen LogP contribution is -2.17.